The third kappa shape index (κ3) is 2.75. The lowest BCUT2D eigenvalue weighted by Crippen LogP contribution is -2.29. The molecular weight excluding hydrogens is 182 g/mol. The van der Waals surface area contributed by atoms with E-state index in [0.717, 1.165) is 30.6 Å². The second kappa shape index (κ2) is 5.03. The molecule has 0 aliphatic heterocycles. The Labute approximate surface area is 94.2 Å². The molecule has 0 spiro atoms. The minimum atomic E-state index is 0.932. The van der Waals surface area contributed by atoms with E-state index < -0.39 is 0 Å². The highest BCUT2D eigenvalue weighted by atomic mass is 15.1. The lowest BCUT2D eigenvalue weighted by atomic mass is 9.88. The lowest BCUT2D eigenvalue weighted by molar-refractivity contribution is 0.219. The van der Waals surface area contributed by atoms with Crippen LogP contribution in [0, 0.1) is 30.1 Å². The topological polar surface area (TPSA) is 3.24 Å². The molecule has 2 aliphatic carbocycles. The van der Waals surface area contributed by atoms with Gasteiger partial charge in [-0.1, -0.05) is 6.42 Å². The zero-order chi connectivity index (χ0) is 10.7. The van der Waals surface area contributed by atoms with Crippen molar-refractivity contribution in [2.75, 3.05) is 20.1 Å². The van der Waals surface area contributed by atoms with Crippen LogP contribution < -0.4 is 0 Å². The molecule has 0 aromatic carbocycles. The predicted octanol–water partition coefficient (Wildman–Crippen LogP) is 2.77. The Balaban J connectivity index is 1.66. The summed E-state index contributed by atoms with van der Waals surface area (Å²) in [5.74, 6) is 5.86. The van der Waals surface area contributed by atoms with E-state index in [1.165, 1.54) is 38.8 Å². The monoisotopic (exact) mass is 205 g/mol. The zero-order valence-corrected chi connectivity index (χ0v) is 9.91. The Bertz CT molecular complexity index is 240. The summed E-state index contributed by atoms with van der Waals surface area (Å²) in [5, 5.41) is 0. The van der Waals surface area contributed by atoms with E-state index in [-0.39, 0.29) is 0 Å². The van der Waals surface area contributed by atoms with E-state index in [1.807, 2.05) is 0 Å². The number of hydrogen-bond donors (Lipinski definition) is 0. The van der Waals surface area contributed by atoms with Gasteiger partial charge in [-0.05, 0) is 57.0 Å². The van der Waals surface area contributed by atoms with Crippen LogP contribution in [0.15, 0.2) is 0 Å². The molecule has 2 bridgehead atoms. The molecule has 2 rings (SSSR count). The summed E-state index contributed by atoms with van der Waals surface area (Å²) >= 11 is 0. The molecule has 0 N–H and O–H groups in total. The summed E-state index contributed by atoms with van der Waals surface area (Å²) in [6.07, 6.45) is 13.4. The van der Waals surface area contributed by atoms with Crippen LogP contribution in [0.3, 0.4) is 0 Å². The fourth-order valence-electron chi connectivity index (χ4n) is 3.54. The van der Waals surface area contributed by atoms with Gasteiger partial charge in [0.15, 0.2) is 0 Å². The molecule has 1 nitrogen and oxygen atoms in total. The number of hydrogen-bond acceptors (Lipinski definition) is 1. The second-order valence-electron chi connectivity index (χ2n) is 5.50. The van der Waals surface area contributed by atoms with Gasteiger partial charge in [0.1, 0.15) is 0 Å². The van der Waals surface area contributed by atoms with Gasteiger partial charge in [0.05, 0.1) is 0 Å². The van der Waals surface area contributed by atoms with Crippen molar-refractivity contribution in [1.82, 2.24) is 4.90 Å². The first-order chi connectivity index (χ1) is 7.29. The molecule has 84 valence electrons. The van der Waals surface area contributed by atoms with Crippen LogP contribution in [-0.2, 0) is 0 Å². The number of rotatable bonds is 5. The minimum Gasteiger partial charge on any atom is -0.306 e. The van der Waals surface area contributed by atoms with Gasteiger partial charge in [0.2, 0.25) is 0 Å². The van der Waals surface area contributed by atoms with Crippen molar-refractivity contribution in [1.29, 1.82) is 0 Å². The number of unbranched alkanes of at least 4 members (excludes halogenated alkanes) is 1. The third-order valence-corrected chi connectivity index (χ3v) is 4.29. The van der Waals surface area contributed by atoms with Crippen LogP contribution in [0.1, 0.15) is 38.5 Å². The molecule has 15 heavy (non-hydrogen) atoms. The van der Waals surface area contributed by atoms with Crippen molar-refractivity contribution in [2.24, 2.45) is 17.8 Å². The van der Waals surface area contributed by atoms with Gasteiger partial charge >= 0.3 is 0 Å². The Kier molecular flexibility index (Phi) is 3.70. The van der Waals surface area contributed by atoms with Crippen molar-refractivity contribution >= 4 is 0 Å². The van der Waals surface area contributed by atoms with Crippen molar-refractivity contribution in [3.63, 3.8) is 0 Å². The fourth-order valence-corrected chi connectivity index (χ4v) is 3.54. The standard InChI is InChI=1S/C14H23N/c1-3-4-5-8-15(2)11-14-10-12-6-7-13(14)9-12/h1,12-14H,4-11H2,2H3. The highest BCUT2D eigenvalue weighted by molar-refractivity contribution is 4.91. The molecule has 0 amide bonds. The van der Waals surface area contributed by atoms with Gasteiger partial charge in [-0.2, -0.15) is 0 Å². The van der Waals surface area contributed by atoms with E-state index >= 15 is 0 Å². The van der Waals surface area contributed by atoms with Gasteiger partial charge in [0.25, 0.3) is 0 Å². The molecule has 0 aromatic heterocycles. The zero-order valence-electron chi connectivity index (χ0n) is 9.91. The molecule has 0 heterocycles. The van der Waals surface area contributed by atoms with Gasteiger partial charge in [0, 0.05) is 13.0 Å². The minimum absolute atomic E-state index is 0.932. The van der Waals surface area contributed by atoms with Gasteiger partial charge in [-0.3, -0.25) is 0 Å². The molecule has 0 radical (unpaired) electrons. The van der Waals surface area contributed by atoms with E-state index in [2.05, 4.69) is 17.9 Å². The molecule has 2 fully saturated rings. The second-order valence-corrected chi connectivity index (χ2v) is 5.50. The van der Waals surface area contributed by atoms with Crippen molar-refractivity contribution in [2.45, 2.75) is 38.5 Å². The molecule has 2 saturated carbocycles. The van der Waals surface area contributed by atoms with Crippen molar-refractivity contribution in [3.05, 3.63) is 0 Å². The lowest BCUT2D eigenvalue weighted by Gasteiger charge is -2.27. The Hall–Kier alpha value is -0.480. The molecule has 0 aromatic rings. The van der Waals surface area contributed by atoms with Crippen molar-refractivity contribution in [3.8, 4) is 12.3 Å². The van der Waals surface area contributed by atoms with Crippen LogP contribution in [-0.4, -0.2) is 25.0 Å². The molecule has 3 atom stereocenters. The first kappa shape index (κ1) is 11.0. The largest absolute Gasteiger partial charge is 0.306 e. The molecular formula is C14H23N. The molecule has 2 aliphatic rings. The highest BCUT2D eigenvalue weighted by Gasteiger charge is 2.39. The predicted molar refractivity (Wildman–Crippen MR) is 64.5 cm³/mol. The van der Waals surface area contributed by atoms with Crippen LogP contribution in [0.25, 0.3) is 0 Å². The quantitative estimate of drug-likeness (QED) is 0.493. The summed E-state index contributed by atoms with van der Waals surface area (Å²) in [6, 6.07) is 0. The third-order valence-electron chi connectivity index (χ3n) is 4.29. The average Bonchev–Trinajstić information content (AvgIpc) is 2.79. The van der Waals surface area contributed by atoms with E-state index in [9.17, 15) is 0 Å². The van der Waals surface area contributed by atoms with Gasteiger partial charge in [-0.25, -0.2) is 0 Å². The van der Waals surface area contributed by atoms with Crippen molar-refractivity contribution < 1.29 is 0 Å². The summed E-state index contributed by atoms with van der Waals surface area (Å²) in [5.41, 5.74) is 0. The van der Waals surface area contributed by atoms with Crippen LogP contribution in [0.4, 0.5) is 0 Å². The van der Waals surface area contributed by atoms with Crippen LogP contribution in [0.2, 0.25) is 0 Å². The van der Waals surface area contributed by atoms with Crippen LogP contribution >= 0.6 is 0 Å². The first-order valence-corrected chi connectivity index (χ1v) is 6.41. The number of nitrogens with zero attached hydrogens (tertiary/aromatic N) is 1. The summed E-state index contributed by atoms with van der Waals surface area (Å²) in [6.45, 7) is 2.49. The SMILES string of the molecule is C#CCCCN(C)CC1CC2CCC1C2. The fraction of sp³-hybridized carbons (Fsp3) is 0.857. The normalized spacial score (nSPS) is 33.5. The summed E-state index contributed by atoms with van der Waals surface area (Å²) in [4.78, 5) is 2.49. The van der Waals surface area contributed by atoms with Gasteiger partial charge in [-0.15, -0.1) is 12.3 Å². The Morgan fingerprint density at radius 3 is 2.80 bits per heavy atom. The average molecular weight is 205 g/mol. The number of fused-ring (bicyclic) bond motifs is 2. The van der Waals surface area contributed by atoms with Crippen LogP contribution in [0.5, 0.6) is 0 Å². The highest BCUT2D eigenvalue weighted by Crippen LogP contribution is 2.48. The maximum absolute atomic E-state index is 5.26. The Morgan fingerprint density at radius 1 is 1.33 bits per heavy atom. The number of terminal acetylenes is 1. The van der Waals surface area contributed by atoms with Gasteiger partial charge < -0.3 is 4.90 Å². The molecule has 1 heteroatoms. The molecule has 3 unspecified atom stereocenters. The summed E-state index contributed by atoms with van der Waals surface area (Å²) in [7, 11) is 2.25. The van der Waals surface area contributed by atoms with E-state index in [1.54, 1.807) is 0 Å². The smallest absolute Gasteiger partial charge is 0.00982 e. The summed E-state index contributed by atoms with van der Waals surface area (Å²) < 4.78 is 0. The molecule has 0 saturated heterocycles. The Morgan fingerprint density at radius 2 is 2.20 bits per heavy atom. The first-order valence-electron chi connectivity index (χ1n) is 6.41. The van der Waals surface area contributed by atoms with E-state index in [0.29, 0.717) is 0 Å². The van der Waals surface area contributed by atoms with E-state index in [4.69, 9.17) is 6.42 Å². The maximum atomic E-state index is 5.26. The maximum Gasteiger partial charge on any atom is 0.00982 e.